The van der Waals surface area contributed by atoms with Crippen LogP contribution in [-0.2, 0) is 4.79 Å². The third kappa shape index (κ3) is 2.79. The van der Waals surface area contributed by atoms with Gasteiger partial charge in [-0.05, 0) is 42.6 Å². The molecule has 1 fully saturated rings. The van der Waals surface area contributed by atoms with Crippen LogP contribution in [-0.4, -0.2) is 29.1 Å². The van der Waals surface area contributed by atoms with Crippen LogP contribution in [0.15, 0.2) is 42.5 Å². The molecular weight excluding hydrogens is 262 g/mol. The molecule has 0 saturated carbocycles. The van der Waals surface area contributed by atoms with Gasteiger partial charge in [0.2, 0.25) is 0 Å². The Labute approximate surface area is 125 Å². The second-order valence-electron chi connectivity index (χ2n) is 5.92. The number of benzene rings is 2. The Morgan fingerprint density at radius 2 is 2.00 bits per heavy atom. The lowest BCUT2D eigenvalue weighted by Gasteiger charge is -2.36. The number of carboxylic acid groups (broad SMARTS) is 1. The van der Waals surface area contributed by atoms with Crippen LogP contribution in [0.2, 0.25) is 0 Å². The second kappa shape index (κ2) is 5.86. The molecule has 110 valence electrons. The molecule has 0 aromatic heterocycles. The number of rotatable bonds is 3. The summed E-state index contributed by atoms with van der Waals surface area (Å²) in [6.45, 7) is 3.82. The van der Waals surface area contributed by atoms with E-state index in [-0.39, 0.29) is 12.0 Å². The van der Waals surface area contributed by atoms with Gasteiger partial charge in [0.15, 0.2) is 0 Å². The van der Waals surface area contributed by atoms with Gasteiger partial charge in [0, 0.05) is 12.6 Å². The van der Waals surface area contributed by atoms with Crippen molar-refractivity contribution in [3.05, 3.63) is 48.0 Å². The molecule has 2 aromatic rings. The van der Waals surface area contributed by atoms with Crippen molar-refractivity contribution in [3.63, 3.8) is 0 Å². The largest absolute Gasteiger partial charge is 0.481 e. The normalized spacial score (nSPS) is 21.3. The van der Waals surface area contributed by atoms with E-state index in [1.807, 2.05) is 0 Å². The molecular formula is C18H21NO2. The Hall–Kier alpha value is -1.87. The smallest absolute Gasteiger partial charge is 0.307 e. The van der Waals surface area contributed by atoms with E-state index in [0.717, 1.165) is 19.4 Å². The van der Waals surface area contributed by atoms with Gasteiger partial charge in [-0.25, -0.2) is 0 Å². The van der Waals surface area contributed by atoms with E-state index in [1.165, 1.54) is 16.3 Å². The van der Waals surface area contributed by atoms with Gasteiger partial charge in [-0.1, -0.05) is 42.5 Å². The van der Waals surface area contributed by atoms with E-state index in [9.17, 15) is 9.90 Å². The minimum absolute atomic E-state index is 0.226. The van der Waals surface area contributed by atoms with Crippen molar-refractivity contribution in [3.8, 4) is 0 Å². The van der Waals surface area contributed by atoms with Gasteiger partial charge in [0.05, 0.1) is 5.92 Å². The van der Waals surface area contributed by atoms with E-state index in [4.69, 9.17) is 0 Å². The van der Waals surface area contributed by atoms with Gasteiger partial charge in [-0.2, -0.15) is 0 Å². The van der Waals surface area contributed by atoms with Crippen LogP contribution in [0.25, 0.3) is 10.8 Å². The molecule has 0 spiro atoms. The molecule has 0 amide bonds. The standard InChI is InChI=1S/C18H21NO2/c1-13(19-11-5-8-15(12-19)18(20)21)16-10-4-7-14-6-2-3-9-17(14)16/h2-4,6-7,9-10,13,15H,5,8,11-12H2,1H3,(H,20,21). The van der Waals surface area contributed by atoms with Gasteiger partial charge in [-0.3, -0.25) is 9.69 Å². The molecule has 2 aromatic carbocycles. The molecule has 3 heteroatoms. The quantitative estimate of drug-likeness (QED) is 0.933. The van der Waals surface area contributed by atoms with Gasteiger partial charge in [0.1, 0.15) is 0 Å². The van der Waals surface area contributed by atoms with Crippen molar-refractivity contribution >= 4 is 16.7 Å². The first kappa shape index (κ1) is 14.1. The Kier molecular flexibility index (Phi) is 3.93. The SMILES string of the molecule is CC(c1cccc2ccccc12)N1CCCC(C(=O)O)C1. The van der Waals surface area contributed by atoms with Gasteiger partial charge < -0.3 is 5.11 Å². The van der Waals surface area contributed by atoms with Gasteiger partial charge in [-0.15, -0.1) is 0 Å². The molecule has 0 radical (unpaired) electrons. The summed E-state index contributed by atoms with van der Waals surface area (Å²) >= 11 is 0. The lowest BCUT2D eigenvalue weighted by atomic mass is 9.93. The molecule has 0 bridgehead atoms. The van der Waals surface area contributed by atoms with E-state index in [2.05, 4.69) is 54.3 Å². The van der Waals surface area contributed by atoms with Crippen LogP contribution < -0.4 is 0 Å². The molecule has 21 heavy (non-hydrogen) atoms. The highest BCUT2D eigenvalue weighted by Crippen LogP contribution is 2.31. The topological polar surface area (TPSA) is 40.5 Å². The fourth-order valence-corrected chi connectivity index (χ4v) is 3.37. The van der Waals surface area contributed by atoms with E-state index in [1.54, 1.807) is 0 Å². The molecule has 2 unspecified atom stereocenters. The fraction of sp³-hybridized carbons (Fsp3) is 0.389. The molecule has 3 nitrogen and oxygen atoms in total. The first-order chi connectivity index (χ1) is 10.2. The van der Waals surface area contributed by atoms with Crippen molar-refractivity contribution in [2.24, 2.45) is 5.92 Å². The van der Waals surface area contributed by atoms with Crippen molar-refractivity contribution in [1.29, 1.82) is 0 Å². The molecule has 1 heterocycles. The number of hydrogen-bond acceptors (Lipinski definition) is 2. The Morgan fingerprint density at radius 3 is 2.81 bits per heavy atom. The number of carbonyl (C=O) groups is 1. The number of nitrogens with zero attached hydrogens (tertiary/aromatic N) is 1. The van der Waals surface area contributed by atoms with Crippen molar-refractivity contribution in [1.82, 2.24) is 4.90 Å². The average molecular weight is 283 g/mol. The predicted octanol–water partition coefficient (Wildman–Crippen LogP) is 3.70. The average Bonchev–Trinajstić information content (AvgIpc) is 2.53. The minimum Gasteiger partial charge on any atom is -0.481 e. The summed E-state index contributed by atoms with van der Waals surface area (Å²) in [6, 6.07) is 15.0. The number of hydrogen-bond donors (Lipinski definition) is 1. The maximum Gasteiger partial charge on any atom is 0.307 e. The highest BCUT2D eigenvalue weighted by molar-refractivity contribution is 5.86. The number of fused-ring (bicyclic) bond motifs is 1. The zero-order chi connectivity index (χ0) is 14.8. The third-order valence-corrected chi connectivity index (χ3v) is 4.62. The van der Waals surface area contributed by atoms with Crippen LogP contribution in [0.1, 0.15) is 31.4 Å². The first-order valence-electron chi connectivity index (χ1n) is 7.61. The van der Waals surface area contributed by atoms with Crippen molar-refractivity contribution in [2.45, 2.75) is 25.8 Å². The summed E-state index contributed by atoms with van der Waals surface area (Å²) in [5, 5.41) is 11.8. The van der Waals surface area contributed by atoms with E-state index < -0.39 is 5.97 Å². The van der Waals surface area contributed by atoms with Gasteiger partial charge >= 0.3 is 5.97 Å². The van der Waals surface area contributed by atoms with E-state index >= 15 is 0 Å². The number of piperidine rings is 1. The number of aliphatic carboxylic acids is 1. The van der Waals surface area contributed by atoms with E-state index in [0.29, 0.717) is 6.54 Å². The summed E-state index contributed by atoms with van der Waals surface area (Å²) in [4.78, 5) is 13.6. The Balaban J connectivity index is 1.90. The molecule has 0 aliphatic carbocycles. The van der Waals surface area contributed by atoms with Crippen LogP contribution in [0, 0.1) is 5.92 Å². The van der Waals surface area contributed by atoms with Crippen LogP contribution >= 0.6 is 0 Å². The summed E-state index contributed by atoms with van der Waals surface area (Å²) in [6.07, 6.45) is 1.76. The highest BCUT2D eigenvalue weighted by atomic mass is 16.4. The maximum absolute atomic E-state index is 11.2. The monoisotopic (exact) mass is 283 g/mol. The third-order valence-electron chi connectivity index (χ3n) is 4.62. The Bertz CT molecular complexity index is 647. The molecule has 3 rings (SSSR count). The molecule has 1 aliphatic heterocycles. The zero-order valence-electron chi connectivity index (χ0n) is 12.3. The lowest BCUT2D eigenvalue weighted by Crippen LogP contribution is -2.40. The van der Waals surface area contributed by atoms with Crippen LogP contribution in [0.4, 0.5) is 0 Å². The summed E-state index contributed by atoms with van der Waals surface area (Å²) in [5.74, 6) is -0.888. The second-order valence-corrected chi connectivity index (χ2v) is 5.92. The summed E-state index contributed by atoms with van der Waals surface area (Å²) < 4.78 is 0. The number of likely N-dealkylation sites (tertiary alicyclic amines) is 1. The van der Waals surface area contributed by atoms with Crippen LogP contribution in [0.3, 0.4) is 0 Å². The molecule has 2 atom stereocenters. The fourth-order valence-electron chi connectivity index (χ4n) is 3.37. The highest BCUT2D eigenvalue weighted by Gasteiger charge is 2.28. The summed E-state index contributed by atoms with van der Waals surface area (Å²) in [5.41, 5.74) is 1.29. The number of carboxylic acids is 1. The summed E-state index contributed by atoms with van der Waals surface area (Å²) in [7, 11) is 0. The molecule has 1 aliphatic rings. The van der Waals surface area contributed by atoms with Crippen LogP contribution in [0.5, 0.6) is 0 Å². The lowest BCUT2D eigenvalue weighted by molar-refractivity contribution is -0.143. The van der Waals surface area contributed by atoms with Crippen molar-refractivity contribution < 1.29 is 9.90 Å². The molecule has 1 N–H and O–H groups in total. The predicted molar refractivity (Wildman–Crippen MR) is 84.3 cm³/mol. The maximum atomic E-state index is 11.2. The van der Waals surface area contributed by atoms with Crippen molar-refractivity contribution in [2.75, 3.05) is 13.1 Å². The molecule has 1 saturated heterocycles. The Morgan fingerprint density at radius 1 is 1.24 bits per heavy atom. The first-order valence-corrected chi connectivity index (χ1v) is 7.61. The minimum atomic E-state index is -0.662. The van der Waals surface area contributed by atoms with Gasteiger partial charge in [0.25, 0.3) is 0 Å². The zero-order valence-corrected chi connectivity index (χ0v) is 12.3.